The van der Waals surface area contributed by atoms with Crippen molar-refractivity contribution < 1.29 is 8.78 Å². The molecule has 1 heterocycles. The number of alkyl halides is 2. The van der Waals surface area contributed by atoms with Crippen LogP contribution in [0.1, 0.15) is 19.8 Å². The molecule has 0 radical (unpaired) electrons. The lowest BCUT2D eigenvalue weighted by Gasteiger charge is -2.22. The van der Waals surface area contributed by atoms with E-state index in [4.69, 9.17) is 0 Å². The summed E-state index contributed by atoms with van der Waals surface area (Å²) in [5, 5.41) is 3.18. The molecule has 13 heavy (non-hydrogen) atoms. The van der Waals surface area contributed by atoms with Gasteiger partial charge in [0.25, 0.3) is 5.92 Å². The molecule has 3 atom stereocenters. The second kappa shape index (κ2) is 3.70. The van der Waals surface area contributed by atoms with E-state index in [2.05, 4.69) is 5.32 Å². The van der Waals surface area contributed by atoms with Gasteiger partial charge in [-0.15, -0.1) is 12.4 Å². The van der Waals surface area contributed by atoms with Gasteiger partial charge in [0.05, 0.1) is 0 Å². The zero-order valence-corrected chi connectivity index (χ0v) is 8.54. The molecule has 1 saturated heterocycles. The van der Waals surface area contributed by atoms with E-state index in [1.807, 2.05) is 0 Å². The molecule has 78 valence electrons. The van der Waals surface area contributed by atoms with Crippen LogP contribution in [-0.4, -0.2) is 19.0 Å². The fourth-order valence-corrected chi connectivity index (χ4v) is 2.42. The van der Waals surface area contributed by atoms with E-state index in [1.165, 1.54) is 0 Å². The molecule has 2 rings (SSSR count). The van der Waals surface area contributed by atoms with Crippen molar-refractivity contribution in [3.8, 4) is 0 Å². The summed E-state index contributed by atoms with van der Waals surface area (Å²) in [4.78, 5) is 0. The van der Waals surface area contributed by atoms with Gasteiger partial charge in [0.15, 0.2) is 0 Å². The van der Waals surface area contributed by atoms with E-state index in [0.717, 1.165) is 25.9 Å². The third-order valence-electron chi connectivity index (χ3n) is 3.32. The second-order valence-corrected chi connectivity index (χ2v) is 4.10. The highest BCUT2D eigenvalue weighted by Crippen LogP contribution is 2.59. The van der Waals surface area contributed by atoms with Crippen LogP contribution >= 0.6 is 12.4 Å². The Hall–Kier alpha value is 0.110. The zero-order chi connectivity index (χ0) is 8.77. The average molecular weight is 212 g/mol. The van der Waals surface area contributed by atoms with Gasteiger partial charge in [-0.3, -0.25) is 0 Å². The standard InChI is InChI=1S/C9H15F2N.ClH/c1-6-8(9(6,10)11)7-3-2-4-12-5-7;/h6-8,12H,2-5H2,1H3;1H. The van der Waals surface area contributed by atoms with E-state index in [9.17, 15) is 8.78 Å². The Morgan fingerprint density at radius 1 is 1.38 bits per heavy atom. The molecule has 4 heteroatoms. The Labute approximate surface area is 83.7 Å². The first-order valence-electron chi connectivity index (χ1n) is 4.72. The summed E-state index contributed by atoms with van der Waals surface area (Å²) in [5.41, 5.74) is 0. The summed E-state index contributed by atoms with van der Waals surface area (Å²) in [7, 11) is 0. The molecule has 0 aromatic rings. The van der Waals surface area contributed by atoms with Crippen LogP contribution < -0.4 is 5.32 Å². The minimum atomic E-state index is -2.36. The summed E-state index contributed by atoms with van der Waals surface area (Å²) in [6.45, 7) is 3.47. The summed E-state index contributed by atoms with van der Waals surface area (Å²) in [5.74, 6) is -2.83. The largest absolute Gasteiger partial charge is 0.316 e. The Kier molecular flexibility index (Phi) is 3.18. The van der Waals surface area contributed by atoms with Crippen LogP contribution in [0.3, 0.4) is 0 Å². The third kappa shape index (κ3) is 1.82. The molecular formula is C9H16ClF2N. The van der Waals surface area contributed by atoms with Crippen molar-refractivity contribution in [3.63, 3.8) is 0 Å². The van der Waals surface area contributed by atoms with Gasteiger partial charge in [-0.2, -0.15) is 0 Å². The van der Waals surface area contributed by atoms with E-state index < -0.39 is 5.92 Å². The van der Waals surface area contributed by atoms with Crippen molar-refractivity contribution >= 4 is 12.4 Å². The summed E-state index contributed by atoms with van der Waals surface area (Å²) in [6.07, 6.45) is 2.04. The lowest BCUT2D eigenvalue weighted by Crippen LogP contribution is -2.32. The molecular weight excluding hydrogens is 196 g/mol. The highest BCUT2D eigenvalue weighted by molar-refractivity contribution is 5.85. The third-order valence-corrected chi connectivity index (χ3v) is 3.32. The monoisotopic (exact) mass is 211 g/mol. The predicted octanol–water partition coefficient (Wildman–Crippen LogP) is 2.31. The summed E-state index contributed by atoms with van der Waals surface area (Å²) >= 11 is 0. The van der Waals surface area contributed by atoms with E-state index >= 15 is 0 Å². The molecule has 1 N–H and O–H groups in total. The summed E-state index contributed by atoms with van der Waals surface area (Å²) < 4.78 is 25.9. The maximum Gasteiger partial charge on any atom is 0.254 e. The summed E-state index contributed by atoms with van der Waals surface area (Å²) in [6, 6.07) is 0. The first-order chi connectivity index (χ1) is 5.64. The van der Waals surface area contributed by atoms with Crippen molar-refractivity contribution in [2.24, 2.45) is 17.8 Å². The lowest BCUT2D eigenvalue weighted by atomic mass is 9.93. The van der Waals surface area contributed by atoms with Gasteiger partial charge < -0.3 is 5.32 Å². The maximum atomic E-state index is 12.9. The molecule has 2 aliphatic rings. The van der Waals surface area contributed by atoms with Crippen molar-refractivity contribution in [2.45, 2.75) is 25.7 Å². The predicted molar refractivity (Wildman–Crippen MR) is 50.4 cm³/mol. The van der Waals surface area contributed by atoms with Gasteiger partial charge in [0.2, 0.25) is 0 Å². The van der Waals surface area contributed by atoms with Gasteiger partial charge >= 0.3 is 0 Å². The molecule has 0 bridgehead atoms. The number of halogens is 3. The van der Waals surface area contributed by atoms with Crippen LogP contribution in [0.15, 0.2) is 0 Å². The molecule has 1 nitrogen and oxygen atoms in total. The first kappa shape index (κ1) is 11.2. The Bertz CT molecular complexity index is 180. The average Bonchev–Trinajstić information content (AvgIpc) is 2.53. The number of hydrogen-bond donors (Lipinski definition) is 1. The molecule has 1 aliphatic heterocycles. The fourth-order valence-electron chi connectivity index (χ4n) is 2.42. The van der Waals surface area contributed by atoms with Crippen LogP contribution in [0.2, 0.25) is 0 Å². The lowest BCUT2D eigenvalue weighted by molar-refractivity contribution is 0.0721. The molecule has 1 aliphatic carbocycles. The van der Waals surface area contributed by atoms with E-state index in [1.54, 1.807) is 6.92 Å². The second-order valence-electron chi connectivity index (χ2n) is 4.10. The van der Waals surface area contributed by atoms with Crippen LogP contribution in [0.25, 0.3) is 0 Å². The van der Waals surface area contributed by atoms with Crippen LogP contribution in [0.5, 0.6) is 0 Å². The quantitative estimate of drug-likeness (QED) is 0.702. The van der Waals surface area contributed by atoms with Crippen molar-refractivity contribution in [3.05, 3.63) is 0 Å². The normalized spacial score (nSPS) is 42.2. The van der Waals surface area contributed by atoms with Crippen molar-refractivity contribution in [1.29, 1.82) is 0 Å². The van der Waals surface area contributed by atoms with Gasteiger partial charge in [-0.05, 0) is 31.8 Å². The van der Waals surface area contributed by atoms with Crippen molar-refractivity contribution in [2.75, 3.05) is 13.1 Å². The maximum absolute atomic E-state index is 12.9. The Morgan fingerprint density at radius 2 is 2.00 bits per heavy atom. The molecule has 0 spiro atoms. The number of nitrogens with one attached hydrogen (secondary N) is 1. The SMILES string of the molecule is CC1C(C2CCCNC2)C1(F)F.Cl. The molecule has 0 amide bonds. The zero-order valence-electron chi connectivity index (χ0n) is 7.72. The molecule has 0 aromatic carbocycles. The van der Waals surface area contributed by atoms with Gasteiger partial charge in [-0.25, -0.2) is 8.78 Å². The number of hydrogen-bond acceptors (Lipinski definition) is 1. The van der Waals surface area contributed by atoms with Crippen LogP contribution in [-0.2, 0) is 0 Å². The number of rotatable bonds is 1. The molecule has 3 unspecified atom stereocenters. The Morgan fingerprint density at radius 3 is 2.38 bits per heavy atom. The minimum Gasteiger partial charge on any atom is -0.316 e. The van der Waals surface area contributed by atoms with Crippen molar-refractivity contribution in [1.82, 2.24) is 5.32 Å². The molecule has 0 aromatic heterocycles. The van der Waals surface area contributed by atoms with Gasteiger partial charge in [0, 0.05) is 11.8 Å². The highest BCUT2D eigenvalue weighted by Gasteiger charge is 2.67. The minimum absolute atomic E-state index is 0. The van der Waals surface area contributed by atoms with Gasteiger partial charge in [-0.1, -0.05) is 6.92 Å². The smallest absolute Gasteiger partial charge is 0.254 e. The van der Waals surface area contributed by atoms with E-state index in [0.29, 0.717) is 0 Å². The van der Waals surface area contributed by atoms with E-state index in [-0.39, 0.29) is 30.2 Å². The molecule has 2 fully saturated rings. The molecule has 1 saturated carbocycles. The highest BCUT2D eigenvalue weighted by atomic mass is 35.5. The van der Waals surface area contributed by atoms with Crippen LogP contribution in [0.4, 0.5) is 8.78 Å². The topological polar surface area (TPSA) is 12.0 Å². The number of piperidine rings is 1. The first-order valence-corrected chi connectivity index (χ1v) is 4.72. The fraction of sp³-hybridized carbons (Fsp3) is 1.00. The van der Waals surface area contributed by atoms with Gasteiger partial charge in [0.1, 0.15) is 0 Å². The van der Waals surface area contributed by atoms with Crippen LogP contribution in [0, 0.1) is 17.8 Å². The Balaban J connectivity index is 0.000000845.